The van der Waals surface area contributed by atoms with Gasteiger partial charge >= 0.3 is 5.97 Å². The number of sulfonamides is 1. The summed E-state index contributed by atoms with van der Waals surface area (Å²) >= 11 is 6.13. The van der Waals surface area contributed by atoms with Crippen molar-refractivity contribution in [2.75, 3.05) is 7.05 Å². The second-order valence-corrected chi connectivity index (χ2v) is 9.49. The smallest absolute Gasteiger partial charge is 0.322 e. The third-order valence-electron chi connectivity index (χ3n) is 4.83. The van der Waals surface area contributed by atoms with Crippen LogP contribution in [0.1, 0.15) is 11.1 Å². The van der Waals surface area contributed by atoms with Crippen LogP contribution in [0.4, 0.5) is 0 Å². The highest BCUT2D eigenvalue weighted by molar-refractivity contribution is 7.89. The van der Waals surface area contributed by atoms with Crippen LogP contribution in [0.3, 0.4) is 0 Å². The van der Waals surface area contributed by atoms with E-state index < -0.39 is 22.0 Å². The lowest BCUT2D eigenvalue weighted by Gasteiger charge is -2.25. The van der Waals surface area contributed by atoms with Crippen molar-refractivity contribution in [3.8, 4) is 11.5 Å². The Balaban J connectivity index is 1.93. The minimum Gasteiger partial charge on any atom is -0.480 e. The molecule has 0 radical (unpaired) electrons. The van der Waals surface area contributed by atoms with Gasteiger partial charge in [-0.25, -0.2) is 8.42 Å². The Bertz CT molecular complexity index is 1160. The molecule has 0 aliphatic carbocycles. The van der Waals surface area contributed by atoms with Gasteiger partial charge in [0, 0.05) is 18.5 Å². The van der Waals surface area contributed by atoms with E-state index in [2.05, 4.69) is 0 Å². The number of para-hydroxylation sites is 1. The first-order valence-electron chi connectivity index (χ1n) is 9.47. The summed E-state index contributed by atoms with van der Waals surface area (Å²) in [5.74, 6) is -0.301. The number of nitrogens with zero attached hydrogens (tertiary/aromatic N) is 1. The molecule has 0 aliphatic heterocycles. The number of rotatable bonds is 8. The second-order valence-electron chi connectivity index (χ2n) is 7.06. The molecule has 0 bridgehead atoms. The Morgan fingerprint density at radius 3 is 2.32 bits per heavy atom. The predicted molar refractivity (Wildman–Crippen MR) is 119 cm³/mol. The first-order chi connectivity index (χ1) is 14.7. The Kier molecular flexibility index (Phi) is 7.00. The Morgan fingerprint density at radius 2 is 1.71 bits per heavy atom. The van der Waals surface area contributed by atoms with Gasteiger partial charge in [0.05, 0.1) is 4.90 Å². The van der Waals surface area contributed by atoms with Crippen molar-refractivity contribution in [3.05, 3.63) is 88.9 Å². The van der Waals surface area contributed by atoms with Gasteiger partial charge in [0.2, 0.25) is 10.0 Å². The number of aryl methyl sites for hydroxylation is 1. The molecular weight excluding hydrogens is 438 g/mol. The molecule has 3 rings (SSSR count). The highest BCUT2D eigenvalue weighted by Gasteiger charge is 2.33. The third-order valence-corrected chi connectivity index (χ3v) is 6.94. The topological polar surface area (TPSA) is 83.9 Å². The maximum Gasteiger partial charge on any atom is 0.322 e. The third kappa shape index (κ3) is 5.44. The molecule has 8 heteroatoms. The fourth-order valence-electron chi connectivity index (χ4n) is 3.05. The van der Waals surface area contributed by atoms with Crippen molar-refractivity contribution >= 4 is 27.6 Å². The van der Waals surface area contributed by atoms with E-state index in [4.69, 9.17) is 16.3 Å². The predicted octanol–water partition coefficient (Wildman–Crippen LogP) is 4.76. The van der Waals surface area contributed by atoms with Crippen LogP contribution in [0.2, 0.25) is 5.02 Å². The van der Waals surface area contributed by atoms with E-state index in [-0.39, 0.29) is 11.3 Å². The van der Waals surface area contributed by atoms with Gasteiger partial charge in [-0.2, -0.15) is 4.31 Å². The Morgan fingerprint density at radius 1 is 1.06 bits per heavy atom. The maximum absolute atomic E-state index is 13.0. The van der Waals surface area contributed by atoms with E-state index in [0.717, 1.165) is 9.87 Å². The molecule has 0 aliphatic rings. The summed E-state index contributed by atoms with van der Waals surface area (Å²) in [4.78, 5) is 12.1. The van der Waals surface area contributed by atoms with Gasteiger partial charge in [-0.05, 0) is 55.0 Å². The number of hydrogen-bond donors (Lipinski definition) is 1. The standard InChI is InChI=1S/C23H22ClNO5S/c1-16-8-11-20(12-9-16)31(28,29)25(2)21(23(26)27)15-17-14-18(24)10-13-22(17)30-19-6-4-3-5-7-19/h3-14,21H,15H2,1-2H3,(H,26,27). The number of halogens is 1. The average molecular weight is 460 g/mol. The number of carbonyl (C=O) groups is 1. The molecule has 0 aromatic heterocycles. The normalized spacial score (nSPS) is 12.5. The number of carboxylic acids is 1. The van der Waals surface area contributed by atoms with Gasteiger partial charge in [0.25, 0.3) is 0 Å². The summed E-state index contributed by atoms with van der Waals surface area (Å²) in [6.45, 7) is 1.84. The molecule has 162 valence electrons. The number of benzene rings is 3. The molecule has 0 heterocycles. The zero-order chi connectivity index (χ0) is 22.6. The Labute approximate surface area is 186 Å². The van der Waals surface area contributed by atoms with Gasteiger partial charge in [-0.1, -0.05) is 47.5 Å². The van der Waals surface area contributed by atoms with E-state index in [1.165, 1.54) is 19.2 Å². The molecule has 0 spiro atoms. The zero-order valence-corrected chi connectivity index (χ0v) is 18.6. The van der Waals surface area contributed by atoms with Crippen molar-refractivity contribution in [3.63, 3.8) is 0 Å². The molecule has 31 heavy (non-hydrogen) atoms. The van der Waals surface area contributed by atoms with E-state index in [1.807, 2.05) is 25.1 Å². The molecule has 3 aromatic carbocycles. The summed E-state index contributed by atoms with van der Waals surface area (Å²) < 4.78 is 32.8. The quantitative estimate of drug-likeness (QED) is 0.525. The highest BCUT2D eigenvalue weighted by Crippen LogP contribution is 2.30. The van der Waals surface area contributed by atoms with Gasteiger partial charge in [0.1, 0.15) is 17.5 Å². The number of likely N-dealkylation sites (N-methyl/N-ethyl adjacent to an activating group) is 1. The van der Waals surface area contributed by atoms with E-state index >= 15 is 0 Å². The van der Waals surface area contributed by atoms with Crippen LogP contribution in [-0.4, -0.2) is 36.9 Å². The zero-order valence-electron chi connectivity index (χ0n) is 17.0. The monoisotopic (exact) mass is 459 g/mol. The fraction of sp³-hybridized carbons (Fsp3) is 0.174. The summed E-state index contributed by atoms with van der Waals surface area (Å²) in [7, 11) is -2.76. The molecule has 1 unspecified atom stereocenters. The largest absolute Gasteiger partial charge is 0.480 e. The Hall–Kier alpha value is -2.87. The van der Waals surface area contributed by atoms with Crippen molar-refractivity contribution in [2.45, 2.75) is 24.3 Å². The van der Waals surface area contributed by atoms with Crippen LogP contribution in [-0.2, 0) is 21.2 Å². The van der Waals surface area contributed by atoms with Crippen LogP contribution in [0, 0.1) is 6.92 Å². The number of aliphatic carboxylic acids is 1. The average Bonchev–Trinajstić information content (AvgIpc) is 2.74. The molecule has 0 fully saturated rings. The molecule has 3 aromatic rings. The SMILES string of the molecule is Cc1ccc(S(=O)(=O)N(C)C(Cc2cc(Cl)ccc2Oc2ccccc2)C(=O)O)cc1. The minimum absolute atomic E-state index is 0.0266. The van der Waals surface area contributed by atoms with E-state index in [9.17, 15) is 18.3 Å². The molecule has 6 nitrogen and oxygen atoms in total. The highest BCUT2D eigenvalue weighted by atomic mass is 35.5. The number of ether oxygens (including phenoxy) is 1. The van der Waals surface area contributed by atoms with Crippen molar-refractivity contribution < 1.29 is 23.1 Å². The van der Waals surface area contributed by atoms with Crippen molar-refractivity contribution in [1.29, 1.82) is 0 Å². The van der Waals surface area contributed by atoms with Crippen LogP contribution >= 0.6 is 11.6 Å². The van der Waals surface area contributed by atoms with Crippen LogP contribution in [0.25, 0.3) is 0 Å². The lowest BCUT2D eigenvalue weighted by Crippen LogP contribution is -2.43. The fourth-order valence-corrected chi connectivity index (χ4v) is 4.55. The van der Waals surface area contributed by atoms with Gasteiger partial charge in [0.15, 0.2) is 0 Å². The number of hydrogen-bond acceptors (Lipinski definition) is 4. The summed E-state index contributed by atoms with van der Waals surface area (Å²) in [5.41, 5.74) is 1.38. The summed E-state index contributed by atoms with van der Waals surface area (Å²) in [5, 5.41) is 10.2. The van der Waals surface area contributed by atoms with Crippen LogP contribution in [0.15, 0.2) is 77.7 Å². The van der Waals surface area contributed by atoms with E-state index in [1.54, 1.807) is 42.5 Å². The van der Waals surface area contributed by atoms with Gasteiger partial charge < -0.3 is 9.84 Å². The molecule has 1 N–H and O–H groups in total. The molecule has 0 amide bonds. The minimum atomic E-state index is -4.02. The molecule has 1 atom stereocenters. The van der Waals surface area contributed by atoms with Crippen molar-refractivity contribution in [2.24, 2.45) is 0 Å². The maximum atomic E-state index is 13.0. The lowest BCUT2D eigenvalue weighted by molar-refractivity contribution is -0.141. The summed E-state index contributed by atoms with van der Waals surface area (Å²) in [6.07, 6.45) is -0.125. The number of carboxylic acid groups (broad SMARTS) is 1. The molecular formula is C23H22ClNO5S. The lowest BCUT2D eigenvalue weighted by atomic mass is 10.0. The second kappa shape index (κ2) is 9.51. The molecule has 0 saturated heterocycles. The summed E-state index contributed by atoms with van der Waals surface area (Å²) in [6, 6.07) is 18.8. The first kappa shape index (κ1) is 22.8. The van der Waals surface area contributed by atoms with Crippen LogP contribution in [0.5, 0.6) is 11.5 Å². The van der Waals surface area contributed by atoms with Gasteiger partial charge in [-0.15, -0.1) is 0 Å². The first-order valence-corrected chi connectivity index (χ1v) is 11.3. The van der Waals surface area contributed by atoms with Gasteiger partial charge in [-0.3, -0.25) is 4.79 Å². The molecule has 0 saturated carbocycles. The van der Waals surface area contributed by atoms with Crippen LogP contribution < -0.4 is 4.74 Å². The van der Waals surface area contributed by atoms with E-state index in [0.29, 0.717) is 22.1 Å². The van der Waals surface area contributed by atoms with Crippen molar-refractivity contribution in [1.82, 2.24) is 4.31 Å².